The van der Waals surface area contributed by atoms with Crippen molar-refractivity contribution in [1.29, 1.82) is 0 Å². The van der Waals surface area contributed by atoms with Gasteiger partial charge in [0.05, 0.1) is 6.61 Å². The Morgan fingerprint density at radius 1 is 1.33 bits per heavy atom. The molecule has 18 heavy (non-hydrogen) atoms. The lowest BCUT2D eigenvalue weighted by atomic mass is 9.93. The molecule has 0 N–H and O–H groups in total. The molecule has 1 heterocycles. The SMILES string of the molecule is CCCC(CCC)C(=O)N1CCCC(COC)C1. The standard InChI is InChI=1S/C15H29NO2/c1-4-7-14(8-5-2)15(17)16-10-6-9-13(11-16)12-18-3/h13-14H,4-12H2,1-3H3. The summed E-state index contributed by atoms with van der Waals surface area (Å²) in [5.74, 6) is 1.18. The second-order valence-corrected chi connectivity index (χ2v) is 5.52. The molecule has 106 valence electrons. The largest absolute Gasteiger partial charge is 0.384 e. The number of nitrogens with zero attached hydrogens (tertiary/aromatic N) is 1. The molecule has 1 unspecified atom stereocenters. The summed E-state index contributed by atoms with van der Waals surface area (Å²) in [5, 5.41) is 0. The summed E-state index contributed by atoms with van der Waals surface area (Å²) in [6.45, 7) is 6.97. The molecule has 1 amide bonds. The lowest BCUT2D eigenvalue weighted by Crippen LogP contribution is -2.44. The summed E-state index contributed by atoms with van der Waals surface area (Å²) in [6.07, 6.45) is 6.61. The van der Waals surface area contributed by atoms with Crippen LogP contribution >= 0.6 is 0 Å². The minimum absolute atomic E-state index is 0.251. The number of methoxy groups -OCH3 is 1. The van der Waals surface area contributed by atoms with Gasteiger partial charge in [-0.15, -0.1) is 0 Å². The van der Waals surface area contributed by atoms with E-state index in [1.54, 1.807) is 7.11 Å². The molecule has 1 aliphatic heterocycles. The van der Waals surface area contributed by atoms with Gasteiger partial charge in [0.2, 0.25) is 5.91 Å². The van der Waals surface area contributed by atoms with E-state index in [1.165, 1.54) is 6.42 Å². The molecular formula is C15H29NO2. The van der Waals surface area contributed by atoms with Gasteiger partial charge in [0.15, 0.2) is 0 Å². The van der Waals surface area contributed by atoms with Crippen LogP contribution in [0.1, 0.15) is 52.4 Å². The van der Waals surface area contributed by atoms with Gasteiger partial charge in [-0.05, 0) is 31.6 Å². The smallest absolute Gasteiger partial charge is 0.225 e. The fraction of sp³-hybridized carbons (Fsp3) is 0.933. The van der Waals surface area contributed by atoms with Crippen LogP contribution in [0.3, 0.4) is 0 Å². The van der Waals surface area contributed by atoms with Crippen LogP contribution in [0.5, 0.6) is 0 Å². The van der Waals surface area contributed by atoms with Gasteiger partial charge < -0.3 is 9.64 Å². The molecule has 0 aromatic rings. The van der Waals surface area contributed by atoms with Crippen molar-refractivity contribution in [2.45, 2.75) is 52.4 Å². The Labute approximate surface area is 112 Å². The molecule has 0 bridgehead atoms. The summed E-state index contributed by atoms with van der Waals surface area (Å²) >= 11 is 0. The molecule has 1 aliphatic rings. The zero-order valence-electron chi connectivity index (χ0n) is 12.3. The minimum atomic E-state index is 0.251. The summed E-state index contributed by atoms with van der Waals surface area (Å²) < 4.78 is 5.23. The van der Waals surface area contributed by atoms with Crippen molar-refractivity contribution in [2.24, 2.45) is 11.8 Å². The van der Waals surface area contributed by atoms with E-state index in [0.717, 1.165) is 51.8 Å². The molecule has 1 rings (SSSR count). The maximum Gasteiger partial charge on any atom is 0.225 e. The first-order valence-electron chi connectivity index (χ1n) is 7.50. The lowest BCUT2D eigenvalue weighted by molar-refractivity contribution is -0.138. The van der Waals surface area contributed by atoms with E-state index in [0.29, 0.717) is 11.8 Å². The van der Waals surface area contributed by atoms with E-state index >= 15 is 0 Å². The number of amides is 1. The molecule has 0 aromatic heterocycles. The van der Waals surface area contributed by atoms with Gasteiger partial charge in [0.1, 0.15) is 0 Å². The average molecular weight is 255 g/mol. The highest BCUT2D eigenvalue weighted by atomic mass is 16.5. The van der Waals surface area contributed by atoms with Crippen LogP contribution in [0.2, 0.25) is 0 Å². The lowest BCUT2D eigenvalue weighted by Gasteiger charge is -2.34. The van der Waals surface area contributed by atoms with E-state index in [4.69, 9.17) is 4.74 Å². The quantitative estimate of drug-likeness (QED) is 0.699. The monoisotopic (exact) mass is 255 g/mol. The number of hydrogen-bond acceptors (Lipinski definition) is 2. The van der Waals surface area contributed by atoms with Crippen molar-refractivity contribution in [3.8, 4) is 0 Å². The molecule has 1 fully saturated rings. The first kappa shape index (κ1) is 15.5. The Morgan fingerprint density at radius 3 is 2.56 bits per heavy atom. The third-order valence-electron chi connectivity index (χ3n) is 3.86. The Balaban J connectivity index is 2.52. The van der Waals surface area contributed by atoms with Crippen molar-refractivity contribution in [3.63, 3.8) is 0 Å². The summed E-state index contributed by atoms with van der Waals surface area (Å²) in [5.41, 5.74) is 0. The zero-order chi connectivity index (χ0) is 13.4. The number of ether oxygens (including phenoxy) is 1. The van der Waals surface area contributed by atoms with Gasteiger partial charge in [-0.1, -0.05) is 26.7 Å². The number of carbonyl (C=O) groups excluding carboxylic acids is 1. The van der Waals surface area contributed by atoms with Crippen molar-refractivity contribution in [3.05, 3.63) is 0 Å². The van der Waals surface area contributed by atoms with Gasteiger partial charge in [-0.3, -0.25) is 4.79 Å². The molecule has 0 spiro atoms. The maximum atomic E-state index is 12.5. The zero-order valence-corrected chi connectivity index (χ0v) is 12.3. The molecule has 0 aromatic carbocycles. The molecule has 1 saturated heterocycles. The minimum Gasteiger partial charge on any atom is -0.384 e. The second-order valence-electron chi connectivity index (χ2n) is 5.52. The van der Waals surface area contributed by atoms with Crippen LogP contribution < -0.4 is 0 Å². The molecule has 1 atom stereocenters. The maximum absolute atomic E-state index is 12.5. The Morgan fingerprint density at radius 2 is 2.00 bits per heavy atom. The van der Waals surface area contributed by atoms with Gasteiger partial charge in [-0.25, -0.2) is 0 Å². The number of likely N-dealkylation sites (tertiary alicyclic amines) is 1. The van der Waals surface area contributed by atoms with Gasteiger partial charge in [-0.2, -0.15) is 0 Å². The summed E-state index contributed by atoms with van der Waals surface area (Å²) in [6, 6.07) is 0. The molecular weight excluding hydrogens is 226 g/mol. The highest BCUT2D eigenvalue weighted by molar-refractivity contribution is 5.78. The van der Waals surface area contributed by atoms with Crippen molar-refractivity contribution in [2.75, 3.05) is 26.8 Å². The number of carbonyl (C=O) groups is 1. The highest BCUT2D eigenvalue weighted by Crippen LogP contribution is 2.22. The van der Waals surface area contributed by atoms with E-state index in [9.17, 15) is 4.79 Å². The van der Waals surface area contributed by atoms with Crippen molar-refractivity contribution in [1.82, 2.24) is 4.90 Å². The van der Waals surface area contributed by atoms with Crippen LogP contribution in [0.15, 0.2) is 0 Å². The van der Waals surface area contributed by atoms with E-state index < -0.39 is 0 Å². The molecule has 0 radical (unpaired) electrons. The van der Waals surface area contributed by atoms with Crippen LogP contribution in [0.4, 0.5) is 0 Å². The Kier molecular flexibility index (Phi) is 7.33. The van der Waals surface area contributed by atoms with Crippen molar-refractivity contribution < 1.29 is 9.53 Å². The van der Waals surface area contributed by atoms with E-state index in [1.807, 2.05) is 0 Å². The second kappa shape index (κ2) is 8.52. The van der Waals surface area contributed by atoms with Crippen LogP contribution in [-0.4, -0.2) is 37.6 Å². The van der Waals surface area contributed by atoms with Gasteiger partial charge in [0, 0.05) is 26.1 Å². The van der Waals surface area contributed by atoms with Crippen LogP contribution in [0, 0.1) is 11.8 Å². The highest BCUT2D eigenvalue weighted by Gasteiger charge is 2.27. The third kappa shape index (κ3) is 4.60. The Bertz CT molecular complexity index is 235. The number of piperidine rings is 1. The van der Waals surface area contributed by atoms with Crippen LogP contribution in [0.25, 0.3) is 0 Å². The Hall–Kier alpha value is -0.570. The van der Waals surface area contributed by atoms with Crippen molar-refractivity contribution >= 4 is 5.91 Å². The molecule has 0 aliphatic carbocycles. The van der Waals surface area contributed by atoms with Gasteiger partial charge in [0.25, 0.3) is 0 Å². The summed E-state index contributed by atoms with van der Waals surface area (Å²) in [4.78, 5) is 14.6. The molecule has 3 nitrogen and oxygen atoms in total. The predicted molar refractivity (Wildman–Crippen MR) is 74.5 cm³/mol. The first-order chi connectivity index (χ1) is 8.72. The molecule has 0 saturated carbocycles. The normalized spacial score (nSPS) is 20.4. The van der Waals surface area contributed by atoms with Crippen LogP contribution in [-0.2, 0) is 9.53 Å². The first-order valence-corrected chi connectivity index (χ1v) is 7.50. The third-order valence-corrected chi connectivity index (χ3v) is 3.86. The fourth-order valence-electron chi connectivity index (χ4n) is 2.98. The van der Waals surface area contributed by atoms with E-state index in [2.05, 4.69) is 18.7 Å². The van der Waals surface area contributed by atoms with E-state index in [-0.39, 0.29) is 5.92 Å². The molecule has 3 heteroatoms. The number of rotatable bonds is 7. The van der Waals surface area contributed by atoms with Gasteiger partial charge >= 0.3 is 0 Å². The average Bonchev–Trinajstić information content (AvgIpc) is 2.38. The fourth-order valence-corrected chi connectivity index (χ4v) is 2.98. The topological polar surface area (TPSA) is 29.5 Å². The predicted octanol–water partition coefficient (Wildman–Crippen LogP) is 3.09. The number of hydrogen-bond donors (Lipinski definition) is 0. The summed E-state index contributed by atoms with van der Waals surface area (Å²) in [7, 11) is 1.75.